The van der Waals surface area contributed by atoms with Gasteiger partial charge in [-0.1, -0.05) is 49.4 Å². The molecule has 4 nitrogen and oxygen atoms in total. The Balaban J connectivity index is 2.00. The number of ether oxygens (including phenoxy) is 2. The zero-order valence-electron chi connectivity index (χ0n) is 16.6. The zero-order valence-corrected chi connectivity index (χ0v) is 16.6. The Morgan fingerprint density at radius 1 is 1.00 bits per heavy atom. The van der Waals surface area contributed by atoms with Crippen LogP contribution in [0.4, 0.5) is 5.69 Å². The van der Waals surface area contributed by atoms with E-state index in [9.17, 15) is 4.79 Å². The summed E-state index contributed by atoms with van der Waals surface area (Å²) < 4.78 is 11.2. The first kappa shape index (κ1) is 18.4. The molecule has 4 heteroatoms. The first-order valence-electron chi connectivity index (χ1n) is 9.72. The van der Waals surface area contributed by atoms with Gasteiger partial charge in [-0.25, -0.2) is 0 Å². The third kappa shape index (κ3) is 2.89. The molecule has 0 spiro atoms. The summed E-state index contributed by atoms with van der Waals surface area (Å²) in [5.41, 5.74) is 3.19. The highest BCUT2D eigenvalue weighted by Gasteiger charge is 2.35. The van der Waals surface area contributed by atoms with Crippen LogP contribution in [0.5, 0.6) is 11.5 Å². The van der Waals surface area contributed by atoms with Gasteiger partial charge in [0.2, 0.25) is 5.91 Å². The predicted molar refractivity (Wildman–Crippen MR) is 113 cm³/mol. The fraction of sp³-hybridized carbons (Fsp3) is 0.292. The molecule has 0 saturated heterocycles. The maximum Gasteiger partial charge on any atom is 0.227 e. The smallest absolute Gasteiger partial charge is 0.227 e. The van der Waals surface area contributed by atoms with Gasteiger partial charge in [0.05, 0.1) is 14.2 Å². The Kier molecular flexibility index (Phi) is 4.95. The molecule has 3 aromatic rings. The van der Waals surface area contributed by atoms with E-state index < -0.39 is 0 Å². The molecule has 1 amide bonds. The Labute approximate surface area is 165 Å². The summed E-state index contributed by atoms with van der Waals surface area (Å²) in [5.74, 6) is 1.46. The van der Waals surface area contributed by atoms with Crippen molar-refractivity contribution in [3.8, 4) is 11.5 Å². The number of para-hydroxylation sites is 1. The lowest BCUT2D eigenvalue weighted by atomic mass is 9.80. The van der Waals surface area contributed by atoms with E-state index in [0.29, 0.717) is 17.9 Å². The van der Waals surface area contributed by atoms with Gasteiger partial charge in [-0.3, -0.25) is 4.79 Å². The van der Waals surface area contributed by atoms with E-state index in [2.05, 4.69) is 37.3 Å². The van der Waals surface area contributed by atoms with Crippen molar-refractivity contribution < 1.29 is 14.3 Å². The summed E-state index contributed by atoms with van der Waals surface area (Å²) in [7, 11) is 3.29. The topological polar surface area (TPSA) is 38.8 Å². The number of anilines is 1. The van der Waals surface area contributed by atoms with E-state index in [1.807, 2.05) is 29.2 Å². The van der Waals surface area contributed by atoms with E-state index in [0.717, 1.165) is 24.2 Å². The molecule has 0 saturated carbocycles. The van der Waals surface area contributed by atoms with Crippen LogP contribution in [0.15, 0.2) is 54.6 Å². The number of rotatable bonds is 5. The molecule has 1 unspecified atom stereocenters. The highest BCUT2D eigenvalue weighted by atomic mass is 16.5. The molecule has 0 bridgehead atoms. The van der Waals surface area contributed by atoms with Crippen LogP contribution in [0.2, 0.25) is 0 Å². The Morgan fingerprint density at radius 2 is 1.82 bits per heavy atom. The lowest BCUT2D eigenvalue weighted by Crippen LogP contribution is -2.37. The second-order valence-electron chi connectivity index (χ2n) is 7.10. The molecule has 1 heterocycles. The van der Waals surface area contributed by atoms with Gasteiger partial charge in [0, 0.05) is 30.1 Å². The van der Waals surface area contributed by atoms with Crippen LogP contribution in [-0.4, -0.2) is 26.7 Å². The van der Waals surface area contributed by atoms with Gasteiger partial charge < -0.3 is 14.4 Å². The van der Waals surface area contributed by atoms with E-state index in [1.165, 1.54) is 16.3 Å². The Bertz CT molecular complexity index is 1030. The maximum atomic E-state index is 13.1. The van der Waals surface area contributed by atoms with Crippen molar-refractivity contribution in [3.63, 3.8) is 0 Å². The third-order valence-electron chi connectivity index (χ3n) is 5.52. The van der Waals surface area contributed by atoms with Gasteiger partial charge >= 0.3 is 0 Å². The van der Waals surface area contributed by atoms with Crippen LogP contribution in [0.25, 0.3) is 10.8 Å². The van der Waals surface area contributed by atoms with Gasteiger partial charge in [0.1, 0.15) is 0 Å². The minimum Gasteiger partial charge on any atom is -0.493 e. The number of carbonyl (C=O) groups is 1. The number of nitrogens with zero attached hydrogens (tertiary/aromatic N) is 1. The number of carbonyl (C=O) groups excluding carboxylic acids is 1. The van der Waals surface area contributed by atoms with Crippen LogP contribution >= 0.6 is 0 Å². The van der Waals surface area contributed by atoms with Gasteiger partial charge in [0.25, 0.3) is 0 Å². The van der Waals surface area contributed by atoms with Crippen LogP contribution < -0.4 is 14.4 Å². The molecule has 28 heavy (non-hydrogen) atoms. The summed E-state index contributed by atoms with van der Waals surface area (Å²) in [6, 6.07) is 18.5. The first-order chi connectivity index (χ1) is 13.7. The van der Waals surface area contributed by atoms with Gasteiger partial charge in [0.15, 0.2) is 11.5 Å². The van der Waals surface area contributed by atoms with Crippen LogP contribution in [-0.2, 0) is 4.79 Å². The predicted octanol–water partition coefficient (Wildman–Crippen LogP) is 5.14. The van der Waals surface area contributed by atoms with E-state index in [-0.39, 0.29) is 11.8 Å². The second-order valence-corrected chi connectivity index (χ2v) is 7.10. The van der Waals surface area contributed by atoms with Crippen LogP contribution in [0, 0.1) is 0 Å². The lowest BCUT2D eigenvalue weighted by Gasteiger charge is -2.35. The second kappa shape index (κ2) is 7.55. The number of hydrogen-bond donors (Lipinski definition) is 0. The molecule has 1 atom stereocenters. The van der Waals surface area contributed by atoms with Crippen molar-refractivity contribution in [3.05, 3.63) is 65.7 Å². The number of amides is 1. The van der Waals surface area contributed by atoms with Crippen LogP contribution in [0.1, 0.15) is 36.8 Å². The molecule has 144 valence electrons. The number of hydrogen-bond acceptors (Lipinski definition) is 3. The molecule has 0 radical (unpaired) electrons. The summed E-state index contributed by atoms with van der Waals surface area (Å²) in [6.45, 7) is 2.83. The zero-order chi connectivity index (χ0) is 19.7. The normalized spacial score (nSPS) is 16.2. The fourth-order valence-electron chi connectivity index (χ4n) is 4.33. The Hall–Kier alpha value is -3.01. The minimum absolute atomic E-state index is 0.0771. The van der Waals surface area contributed by atoms with E-state index in [4.69, 9.17) is 9.47 Å². The van der Waals surface area contributed by atoms with Crippen molar-refractivity contribution in [2.45, 2.75) is 25.7 Å². The van der Waals surface area contributed by atoms with Crippen LogP contribution in [0.3, 0.4) is 0 Å². The number of benzene rings is 3. The maximum absolute atomic E-state index is 13.1. The monoisotopic (exact) mass is 375 g/mol. The van der Waals surface area contributed by atoms with Crippen molar-refractivity contribution in [2.75, 3.05) is 25.7 Å². The highest BCUT2D eigenvalue weighted by Crippen LogP contribution is 2.48. The molecule has 1 aliphatic rings. The lowest BCUT2D eigenvalue weighted by molar-refractivity contribution is -0.119. The third-order valence-corrected chi connectivity index (χ3v) is 5.52. The molecule has 0 N–H and O–H groups in total. The van der Waals surface area contributed by atoms with Gasteiger partial charge in [-0.05, 0) is 34.9 Å². The summed E-state index contributed by atoms with van der Waals surface area (Å²) in [6.07, 6.45) is 1.34. The summed E-state index contributed by atoms with van der Waals surface area (Å²) in [5, 5.41) is 2.36. The molecule has 4 rings (SSSR count). The fourth-order valence-corrected chi connectivity index (χ4v) is 4.33. The first-order valence-corrected chi connectivity index (χ1v) is 9.72. The molecule has 1 aliphatic heterocycles. The largest absolute Gasteiger partial charge is 0.493 e. The molecule has 0 aromatic heterocycles. The average Bonchev–Trinajstić information content (AvgIpc) is 2.74. The van der Waals surface area contributed by atoms with Crippen molar-refractivity contribution in [1.82, 2.24) is 0 Å². The van der Waals surface area contributed by atoms with Crippen molar-refractivity contribution >= 4 is 22.4 Å². The summed E-state index contributed by atoms with van der Waals surface area (Å²) >= 11 is 0. The molecule has 0 aliphatic carbocycles. The standard InChI is InChI=1S/C24H25NO3/c1-4-14-25-20-13-12-16-8-5-6-9-17(16)23(20)19(15-22(25)26)18-10-7-11-21(27-2)24(18)28-3/h5-13,19H,4,14-15H2,1-3H3. The van der Waals surface area contributed by atoms with E-state index >= 15 is 0 Å². The average molecular weight is 375 g/mol. The molecule has 3 aromatic carbocycles. The van der Waals surface area contributed by atoms with Crippen molar-refractivity contribution in [1.29, 1.82) is 0 Å². The number of fused-ring (bicyclic) bond motifs is 3. The SMILES string of the molecule is CCCN1C(=O)CC(c2cccc(OC)c2OC)c2c1ccc1ccccc21. The molecule has 0 fully saturated rings. The minimum atomic E-state index is -0.0771. The number of methoxy groups -OCH3 is 2. The Morgan fingerprint density at radius 3 is 2.57 bits per heavy atom. The molecular formula is C24H25NO3. The quantitative estimate of drug-likeness (QED) is 0.620. The molecular weight excluding hydrogens is 350 g/mol. The van der Waals surface area contributed by atoms with Gasteiger partial charge in [-0.15, -0.1) is 0 Å². The highest BCUT2D eigenvalue weighted by molar-refractivity contribution is 6.03. The summed E-state index contributed by atoms with van der Waals surface area (Å²) in [4.78, 5) is 15.0. The van der Waals surface area contributed by atoms with Crippen molar-refractivity contribution in [2.24, 2.45) is 0 Å². The van der Waals surface area contributed by atoms with Gasteiger partial charge in [-0.2, -0.15) is 0 Å². The van der Waals surface area contributed by atoms with E-state index in [1.54, 1.807) is 14.2 Å².